The van der Waals surface area contributed by atoms with Crippen LogP contribution in [0.3, 0.4) is 0 Å². The fourth-order valence-corrected chi connectivity index (χ4v) is 6.22. The number of carbonyl (C=O) groups is 3. The fourth-order valence-electron chi connectivity index (χ4n) is 5.95. The van der Waals surface area contributed by atoms with Gasteiger partial charge in [0, 0.05) is 55.0 Å². The highest BCUT2D eigenvalue weighted by atomic mass is 35.5. The highest BCUT2D eigenvalue weighted by Gasteiger charge is 2.63. The van der Waals surface area contributed by atoms with Crippen molar-refractivity contribution in [2.75, 3.05) is 14.2 Å². The molecule has 212 valence electrons. The first-order valence-corrected chi connectivity index (χ1v) is 13.5. The number of allylic oxidation sites excluding steroid dienone is 1. The smallest absolute Gasteiger partial charge is 0.236 e. The van der Waals surface area contributed by atoms with E-state index in [0.29, 0.717) is 23.6 Å². The fraction of sp³-hybridized carbons (Fsp3) is 0.333. The van der Waals surface area contributed by atoms with Crippen LogP contribution >= 0.6 is 11.6 Å². The molecule has 2 aliphatic heterocycles. The SMILES string of the molecule is COc1cc(OC)c2c(c1Cl)O[C@@]1(C(=O)C3=C(C[C@H]1C)NC(=O)C[C@@H]3c1ccc(OCc3nccn3C)cc1)C2=O. The van der Waals surface area contributed by atoms with Gasteiger partial charge in [0.1, 0.15) is 40.3 Å². The summed E-state index contributed by atoms with van der Waals surface area (Å²) in [5.74, 6) is -0.473. The predicted molar refractivity (Wildman–Crippen MR) is 148 cm³/mol. The lowest BCUT2D eigenvalue weighted by molar-refractivity contribution is -0.131. The van der Waals surface area contributed by atoms with Gasteiger partial charge in [-0.1, -0.05) is 30.7 Å². The van der Waals surface area contributed by atoms with Crippen molar-refractivity contribution in [3.05, 3.63) is 76.0 Å². The van der Waals surface area contributed by atoms with E-state index >= 15 is 0 Å². The van der Waals surface area contributed by atoms with Crippen molar-refractivity contribution in [3.63, 3.8) is 0 Å². The van der Waals surface area contributed by atoms with E-state index < -0.39 is 29.0 Å². The summed E-state index contributed by atoms with van der Waals surface area (Å²) in [6.07, 6.45) is 3.84. The van der Waals surface area contributed by atoms with Gasteiger partial charge in [0.2, 0.25) is 23.1 Å². The van der Waals surface area contributed by atoms with Gasteiger partial charge in [-0.3, -0.25) is 14.4 Å². The van der Waals surface area contributed by atoms with Gasteiger partial charge in [0.05, 0.1) is 14.2 Å². The van der Waals surface area contributed by atoms with Crippen LogP contribution in [0.5, 0.6) is 23.0 Å². The minimum Gasteiger partial charge on any atom is -0.496 e. The van der Waals surface area contributed by atoms with E-state index in [9.17, 15) is 14.4 Å². The molecule has 1 spiro atoms. The van der Waals surface area contributed by atoms with Crippen molar-refractivity contribution in [2.24, 2.45) is 13.0 Å². The summed E-state index contributed by atoms with van der Waals surface area (Å²) < 4.78 is 24.8. The Kier molecular flexibility index (Phi) is 6.53. The number of nitrogens with one attached hydrogen (secondary N) is 1. The number of ketones is 2. The zero-order valence-electron chi connectivity index (χ0n) is 22.9. The summed E-state index contributed by atoms with van der Waals surface area (Å²) in [4.78, 5) is 45.6. The van der Waals surface area contributed by atoms with E-state index in [2.05, 4.69) is 10.3 Å². The highest BCUT2D eigenvalue weighted by Crippen LogP contribution is 2.55. The number of halogens is 1. The summed E-state index contributed by atoms with van der Waals surface area (Å²) in [7, 11) is 4.75. The number of methoxy groups -OCH3 is 2. The van der Waals surface area contributed by atoms with E-state index in [-0.39, 0.29) is 46.6 Å². The quantitative estimate of drug-likeness (QED) is 0.434. The monoisotopic (exact) mass is 577 g/mol. The number of fused-ring (bicyclic) bond motifs is 1. The van der Waals surface area contributed by atoms with Crippen LogP contribution in [0, 0.1) is 5.92 Å². The third-order valence-electron chi connectivity index (χ3n) is 8.13. The number of benzene rings is 2. The minimum atomic E-state index is -1.85. The number of hydrogen-bond acceptors (Lipinski definition) is 8. The summed E-state index contributed by atoms with van der Waals surface area (Å²) in [5, 5.41) is 2.96. The van der Waals surface area contributed by atoms with Crippen LogP contribution in [0.4, 0.5) is 0 Å². The normalized spacial score (nSPS) is 23.2. The molecule has 0 saturated carbocycles. The second kappa shape index (κ2) is 9.95. The van der Waals surface area contributed by atoms with Crippen LogP contribution in [0.2, 0.25) is 5.02 Å². The van der Waals surface area contributed by atoms with E-state index in [0.717, 1.165) is 11.4 Å². The van der Waals surface area contributed by atoms with Crippen molar-refractivity contribution < 1.29 is 33.3 Å². The number of imidazole rings is 1. The van der Waals surface area contributed by atoms with E-state index in [1.807, 2.05) is 29.9 Å². The molecule has 0 saturated heterocycles. The van der Waals surface area contributed by atoms with E-state index in [1.54, 1.807) is 25.3 Å². The zero-order chi connectivity index (χ0) is 29.1. The number of Topliss-reactive ketones (excluding diaryl/α,β-unsaturated/α-hetero) is 2. The van der Waals surface area contributed by atoms with Gasteiger partial charge < -0.3 is 28.8 Å². The molecule has 1 aromatic heterocycles. The molecule has 0 unspecified atom stereocenters. The molecule has 1 N–H and O–H groups in total. The summed E-state index contributed by atoms with van der Waals surface area (Å²) in [5.41, 5.74) is -0.140. The maximum absolute atomic E-state index is 14.5. The van der Waals surface area contributed by atoms with Crippen LogP contribution in [-0.4, -0.2) is 46.8 Å². The van der Waals surface area contributed by atoms with Crippen LogP contribution in [0.25, 0.3) is 0 Å². The number of aryl methyl sites for hydroxylation is 1. The molecule has 2 aromatic carbocycles. The number of ether oxygens (including phenoxy) is 4. The molecule has 3 aromatic rings. The third kappa shape index (κ3) is 4.08. The van der Waals surface area contributed by atoms with Crippen molar-refractivity contribution in [3.8, 4) is 23.0 Å². The maximum atomic E-state index is 14.5. The molecule has 1 amide bonds. The van der Waals surface area contributed by atoms with Crippen molar-refractivity contribution >= 4 is 29.1 Å². The summed E-state index contributed by atoms with van der Waals surface area (Å²) in [6.45, 7) is 2.05. The molecule has 0 fully saturated rings. The molecule has 0 radical (unpaired) electrons. The second-order valence-corrected chi connectivity index (χ2v) is 10.8. The Morgan fingerprint density at radius 1 is 1.10 bits per heavy atom. The molecule has 3 aliphatic rings. The number of nitrogens with zero attached hydrogens (tertiary/aromatic N) is 2. The van der Waals surface area contributed by atoms with E-state index in [4.69, 9.17) is 30.5 Å². The van der Waals surface area contributed by atoms with Crippen molar-refractivity contribution in [2.45, 2.75) is 37.9 Å². The predicted octanol–water partition coefficient (Wildman–Crippen LogP) is 4.15. The lowest BCUT2D eigenvalue weighted by Crippen LogP contribution is -2.59. The van der Waals surface area contributed by atoms with Crippen LogP contribution in [0.1, 0.15) is 47.4 Å². The Labute approximate surface area is 241 Å². The van der Waals surface area contributed by atoms with Crippen LogP contribution in [0.15, 0.2) is 54.0 Å². The number of rotatable bonds is 6. The molecular weight excluding hydrogens is 550 g/mol. The Morgan fingerprint density at radius 2 is 1.83 bits per heavy atom. The van der Waals surface area contributed by atoms with E-state index in [1.165, 1.54) is 20.3 Å². The Balaban J connectivity index is 1.35. The molecule has 11 heteroatoms. The average Bonchev–Trinajstić information content (AvgIpc) is 3.52. The standard InChI is InChI=1S/C30H28ClN3O7/c1-15-11-19-24(28(36)30(15)29(37)25-20(38-3)13-21(39-4)26(31)27(25)41-30)18(12-23(35)33-19)16-5-7-17(8-6-16)40-14-22-32-9-10-34(22)2/h5-10,13,15,18H,11-12,14H2,1-4H3,(H,33,35)/t15-,18-,30+/m1/s1. The first-order valence-electron chi connectivity index (χ1n) is 13.1. The molecular formula is C30H28ClN3O7. The lowest BCUT2D eigenvalue weighted by atomic mass is 9.66. The van der Waals surface area contributed by atoms with Gasteiger partial charge in [-0.15, -0.1) is 0 Å². The summed E-state index contributed by atoms with van der Waals surface area (Å²) >= 11 is 6.55. The molecule has 10 nitrogen and oxygen atoms in total. The van der Waals surface area contributed by atoms with Crippen LogP contribution in [-0.2, 0) is 23.2 Å². The second-order valence-electron chi connectivity index (χ2n) is 10.4. The number of amides is 1. The molecule has 1 aliphatic carbocycles. The minimum absolute atomic E-state index is 0.0432. The molecule has 3 atom stereocenters. The number of carbonyl (C=O) groups excluding carboxylic acids is 3. The van der Waals surface area contributed by atoms with Crippen molar-refractivity contribution in [1.29, 1.82) is 0 Å². The Bertz CT molecular complexity index is 1630. The number of hydrogen-bond donors (Lipinski definition) is 1. The van der Waals surface area contributed by atoms with Crippen LogP contribution < -0.4 is 24.3 Å². The van der Waals surface area contributed by atoms with Gasteiger partial charge >= 0.3 is 0 Å². The van der Waals surface area contributed by atoms with Gasteiger partial charge in [-0.05, 0) is 24.1 Å². The lowest BCUT2D eigenvalue weighted by Gasteiger charge is -2.41. The van der Waals surface area contributed by atoms with Crippen molar-refractivity contribution in [1.82, 2.24) is 14.9 Å². The zero-order valence-corrected chi connectivity index (χ0v) is 23.7. The first-order chi connectivity index (χ1) is 19.7. The largest absolute Gasteiger partial charge is 0.496 e. The van der Waals surface area contributed by atoms with Gasteiger partial charge in [-0.2, -0.15) is 0 Å². The average molecular weight is 578 g/mol. The van der Waals surface area contributed by atoms with Gasteiger partial charge in [0.15, 0.2) is 5.75 Å². The Morgan fingerprint density at radius 3 is 2.49 bits per heavy atom. The number of aromatic nitrogens is 2. The Hall–Kier alpha value is -4.31. The third-order valence-corrected chi connectivity index (χ3v) is 8.49. The maximum Gasteiger partial charge on any atom is 0.236 e. The molecule has 3 heterocycles. The molecule has 41 heavy (non-hydrogen) atoms. The summed E-state index contributed by atoms with van der Waals surface area (Å²) in [6, 6.07) is 8.75. The molecule has 0 bridgehead atoms. The first kappa shape index (κ1) is 26.9. The van der Waals surface area contributed by atoms with Gasteiger partial charge in [-0.25, -0.2) is 4.98 Å². The molecule has 6 rings (SSSR count). The topological polar surface area (TPSA) is 118 Å². The van der Waals surface area contributed by atoms with Gasteiger partial charge in [0.25, 0.3) is 0 Å². The highest BCUT2D eigenvalue weighted by molar-refractivity contribution is 6.36.